The van der Waals surface area contributed by atoms with Crippen LogP contribution in [0.5, 0.6) is 0 Å². The number of rotatable bonds is 8. The molecule has 5 rings (SSSR count). The maximum Gasteiger partial charge on any atom is 0.412 e. The summed E-state index contributed by atoms with van der Waals surface area (Å²) < 4.78 is 11.9. The fourth-order valence-electron chi connectivity index (χ4n) is 4.73. The van der Waals surface area contributed by atoms with E-state index in [1.807, 2.05) is 67.6 Å². The maximum absolute atomic E-state index is 13.0. The second-order valence-corrected chi connectivity index (χ2v) is 12.3. The second-order valence-electron chi connectivity index (χ2n) is 9.42. The van der Waals surface area contributed by atoms with Gasteiger partial charge in [-0.3, -0.25) is 10.1 Å². The van der Waals surface area contributed by atoms with Crippen molar-refractivity contribution in [3.8, 4) is 21.6 Å². The number of carbonyl (C=O) groups is 2. The van der Waals surface area contributed by atoms with Gasteiger partial charge in [-0.05, 0) is 77.5 Å². The van der Waals surface area contributed by atoms with Gasteiger partial charge in [0.05, 0.1) is 26.4 Å². The molecule has 1 unspecified atom stereocenters. The number of nitrogens with one attached hydrogen (secondary N) is 1. The Morgan fingerprint density at radius 1 is 1.03 bits per heavy atom. The van der Waals surface area contributed by atoms with E-state index in [9.17, 15) is 9.59 Å². The Morgan fingerprint density at radius 2 is 1.74 bits per heavy atom. The number of halogens is 2. The van der Waals surface area contributed by atoms with Crippen LogP contribution in [-0.2, 0) is 19.7 Å². The van der Waals surface area contributed by atoms with Gasteiger partial charge in [0.2, 0.25) is 0 Å². The summed E-state index contributed by atoms with van der Waals surface area (Å²) in [6.07, 6.45) is 0.381. The van der Waals surface area contributed by atoms with Crippen LogP contribution in [0.2, 0.25) is 5.02 Å². The number of benzene rings is 3. The fourth-order valence-corrected chi connectivity index (χ4v) is 6.60. The van der Waals surface area contributed by atoms with Crippen LogP contribution in [0.15, 0.2) is 82.6 Å². The predicted octanol–water partition coefficient (Wildman–Crippen LogP) is 9.40. The van der Waals surface area contributed by atoms with E-state index in [1.54, 1.807) is 13.0 Å². The number of anilines is 1. The number of thiophene rings is 1. The van der Waals surface area contributed by atoms with Gasteiger partial charge in [-0.1, -0.05) is 72.3 Å². The van der Waals surface area contributed by atoms with E-state index >= 15 is 0 Å². The summed E-state index contributed by atoms with van der Waals surface area (Å²) in [7, 11) is 0. The quantitative estimate of drug-likeness (QED) is 0.198. The minimum Gasteiger partial charge on any atom is -0.465 e. The molecule has 1 aromatic heterocycles. The summed E-state index contributed by atoms with van der Waals surface area (Å²) in [6, 6.07) is 25.3. The Hall–Kier alpha value is -3.13. The molecule has 0 bridgehead atoms. The van der Waals surface area contributed by atoms with Gasteiger partial charge in [0.15, 0.2) is 0 Å². The fraction of sp³-hybridized carbons (Fsp3) is 0.226. The molecule has 1 N–H and O–H groups in total. The first-order chi connectivity index (χ1) is 18.8. The van der Waals surface area contributed by atoms with Gasteiger partial charge in [-0.15, -0.1) is 11.3 Å². The predicted molar refractivity (Wildman–Crippen MR) is 160 cm³/mol. The molecule has 1 aliphatic carbocycles. The molecule has 1 fully saturated rings. The van der Waals surface area contributed by atoms with Gasteiger partial charge in [-0.2, -0.15) is 0 Å². The second kappa shape index (κ2) is 11.5. The minimum atomic E-state index is -0.620. The minimum absolute atomic E-state index is 0.189. The van der Waals surface area contributed by atoms with Crippen LogP contribution in [0.4, 0.5) is 10.5 Å². The summed E-state index contributed by atoms with van der Waals surface area (Å²) in [6.45, 7) is 3.95. The van der Waals surface area contributed by atoms with Crippen molar-refractivity contribution in [2.45, 2.75) is 38.2 Å². The smallest absolute Gasteiger partial charge is 0.412 e. The first kappa shape index (κ1) is 27.4. The lowest BCUT2D eigenvalue weighted by molar-refractivity contribution is -0.146. The molecule has 5 nitrogen and oxygen atoms in total. The monoisotopic (exact) mass is 623 g/mol. The lowest BCUT2D eigenvalue weighted by atomic mass is 9.89. The van der Waals surface area contributed by atoms with E-state index in [1.165, 1.54) is 11.3 Å². The SMILES string of the molecule is CCOC(=O)C1(c2ccc(-c3ccccc3)c(-c3sc(Br)cc3NC(=O)OC(C)c3ccccc3Cl)c2)CC1. The standard InChI is InChI=1S/C31H27BrClNO4S/c1-3-37-29(35)31(15-16-31)21-13-14-23(20-9-5-4-6-10-20)24(17-21)28-26(18-27(32)39-28)34-30(36)38-19(2)22-11-7-8-12-25(22)33/h4-14,17-19H,3,15-16H2,1-2H3,(H,34,36). The Bertz CT molecular complexity index is 1520. The third-order valence-corrected chi connectivity index (χ3v) is 8.90. The number of amides is 1. The Morgan fingerprint density at radius 3 is 2.44 bits per heavy atom. The molecule has 1 atom stereocenters. The van der Waals surface area contributed by atoms with Crippen LogP contribution < -0.4 is 5.32 Å². The normalized spacial score (nSPS) is 14.4. The highest BCUT2D eigenvalue weighted by Crippen LogP contribution is 2.52. The van der Waals surface area contributed by atoms with Crippen molar-refractivity contribution in [1.82, 2.24) is 0 Å². The molecular formula is C31H27BrClNO4S. The van der Waals surface area contributed by atoms with E-state index in [0.717, 1.165) is 49.3 Å². The van der Waals surface area contributed by atoms with Gasteiger partial charge < -0.3 is 9.47 Å². The summed E-state index contributed by atoms with van der Waals surface area (Å²) in [5.74, 6) is -0.189. The molecule has 1 aliphatic rings. The van der Waals surface area contributed by atoms with E-state index < -0.39 is 17.6 Å². The van der Waals surface area contributed by atoms with Crippen molar-refractivity contribution in [3.63, 3.8) is 0 Å². The van der Waals surface area contributed by atoms with Crippen LogP contribution in [0.3, 0.4) is 0 Å². The topological polar surface area (TPSA) is 64.6 Å². The summed E-state index contributed by atoms with van der Waals surface area (Å²) in [5.41, 5.74) is 4.58. The van der Waals surface area contributed by atoms with Gasteiger partial charge in [0, 0.05) is 16.1 Å². The van der Waals surface area contributed by atoms with Gasteiger partial charge in [0.25, 0.3) is 0 Å². The van der Waals surface area contributed by atoms with Crippen molar-refractivity contribution >= 4 is 56.6 Å². The number of esters is 1. The third-order valence-electron chi connectivity index (χ3n) is 6.88. The Labute approximate surface area is 245 Å². The first-order valence-electron chi connectivity index (χ1n) is 12.7. The van der Waals surface area contributed by atoms with Gasteiger partial charge in [0.1, 0.15) is 6.10 Å². The zero-order valence-electron chi connectivity index (χ0n) is 21.5. The zero-order chi connectivity index (χ0) is 27.6. The molecule has 1 saturated carbocycles. The molecule has 1 amide bonds. The van der Waals surface area contributed by atoms with Crippen molar-refractivity contribution in [2.75, 3.05) is 11.9 Å². The molecule has 0 radical (unpaired) electrons. The van der Waals surface area contributed by atoms with Crippen molar-refractivity contribution in [3.05, 3.63) is 98.8 Å². The molecule has 1 heterocycles. The maximum atomic E-state index is 13.0. The number of hydrogen-bond donors (Lipinski definition) is 1. The van der Waals surface area contributed by atoms with Crippen LogP contribution in [-0.4, -0.2) is 18.7 Å². The Balaban J connectivity index is 1.51. The van der Waals surface area contributed by atoms with Gasteiger partial charge >= 0.3 is 12.1 Å². The van der Waals surface area contributed by atoms with Crippen LogP contribution in [0.25, 0.3) is 21.6 Å². The first-order valence-corrected chi connectivity index (χ1v) is 14.7. The summed E-state index contributed by atoms with van der Waals surface area (Å²) >= 11 is 11.4. The highest BCUT2D eigenvalue weighted by molar-refractivity contribution is 9.11. The summed E-state index contributed by atoms with van der Waals surface area (Å²) in [4.78, 5) is 26.7. The van der Waals surface area contributed by atoms with E-state index in [-0.39, 0.29) is 5.97 Å². The Kier molecular flexibility index (Phi) is 8.12. The van der Waals surface area contributed by atoms with Crippen molar-refractivity contribution < 1.29 is 19.1 Å². The van der Waals surface area contributed by atoms with E-state index in [0.29, 0.717) is 17.3 Å². The molecule has 3 aromatic carbocycles. The van der Waals surface area contributed by atoms with Crippen LogP contribution in [0, 0.1) is 0 Å². The van der Waals surface area contributed by atoms with E-state index in [4.69, 9.17) is 21.1 Å². The van der Waals surface area contributed by atoms with E-state index in [2.05, 4.69) is 33.4 Å². The molecule has 200 valence electrons. The highest BCUT2D eigenvalue weighted by atomic mass is 79.9. The largest absolute Gasteiger partial charge is 0.465 e. The lowest BCUT2D eigenvalue weighted by Gasteiger charge is -2.19. The highest BCUT2D eigenvalue weighted by Gasteiger charge is 2.53. The molecule has 0 aliphatic heterocycles. The lowest BCUT2D eigenvalue weighted by Crippen LogP contribution is -2.23. The van der Waals surface area contributed by atoms with Crippen LogP contribution >= 0.6 is 38.9 Å². The molecule has 39 heavy (non-hydrogen) atoms. The van der Waals surface area contributed by atoms with Crippen molar-refractivity contribution in [2.24, 2.45) is 0 Å². The van der Waals surface area contributed by atoms with Crippen LogP contribution in [0.1, 0.15) is 43.9 Å². The van der Waals surface area contributed by atoms with Crippen molar-refractivity contribution in [1.29, 1.82) is 0 Å². The third kappa shape index (κ3) is 5.76. The van der Waals surface area contributed by atoms with Gasteiger partial charge in [-0.25, -0.2) is 4.79 Å². The molecule has 0 saturated heterocycles. The number of ether oxygens (including phenoxy) is 2. The molecular weight excluding hydrogens is 598 g/mol. The summed E-state index contributed by atoms with van der Waals surface area (Å²) in [5, 5.41) is 3.47. The molecule has 4 aromatic rings. The average Bonchev–Trinajstić information content (AvgIpc) is 3.67. The number of hydrogen-bond acceptors (Lipinski definition) is 5. The molecule has 0 spiro atoms. The zero-order valence-corrected chi connectivity index (χ0v) is 24.7. The average molecular weight is 625 g/mol. The molecule has 8 heteroatoms. The number of carbonyl (C=O) groups excluding carboxylic acids is 2.